The molecule has 2 rings (SSSR count). The summed E-state index contributed by atoms with van der Waals surface area (Å²) in [6.45, 7) is 0.497. The van der Waals surface area contributed by atoms with Gasteiger partial charge >= 0.3 is 0 Å². The van der Waals surface area contributed by atoms with E-state index >= 15 is 0 Å². The van der Waals surface area contributed by atoms with E-state index in [1.807, 2.05) is 11.4 Å². The molecule has 2 aromatic heterocycles. The summed E-state index contributed by atoms with van der Waals surface area (Å²) in [5, 5.41) is 6.00. The van der Waals surface area contributed by atoms with E-state index < -0.39 is 0 Å². The molecule has 0 unspecified atom stereocenters. The molecule has 0 aliphatic carbocycles. The zero-order valence-electron chi connectivity index (χ0n) is 7.93. The summed E-state index contributed by atoms with van der Waals surface area (Å²) in [5.74, 6) is 0.431. The second-order valence-electron chi connectivity index (χ2n) is 3.00. The third-order valence-corrected chi connectivity index (χ3v) is 2.75. The molecule has 0 aliphatic heterocycles. The number of carbonyl (C=O) groups is 1. The van der Waals surface area contributed by atoms with Crippen molar-refractivity contribution in [2.45, 2.75) is 6.42 Å². The molecule has 78 valence electrons. The Hall–Kier alpha value is -1.69. The number of hydrogen-bond donors (Lipinski definition) is 2. The van der Waals surface area contributed by atoms with Crippen molar-refractivity contribution in [3.8, 4) is 0 Å². The fourth-order valence-electron chi connectivity index (χ4n) is 1.24. The van der Waals surface area contributed by atoms with Crippen molar-refractivity contribution in [1.82, 2.24) is 9.97 Å². The van der Waals surface area contributed by atoms with Gasteiger partial charge in [0.25, 0.3) is 0 Å². The number of nitrogens with two attached hydrogens (primary N) is 1. The fourth-order valence-corrected chi connectivity index (χ4v) is 1.97. The molecule has 6 heteroatoms. The van der Waals surface area contributed by atoms with Crippen molar-refractivity contribution in [2.75, 3.05) is 11.9 Å². The number of amides is 1. The van der Waals surface area contributed by atoms with E-state index in [-0.39, 0.29) is 5.91 Å². The number of anilines is 1. The average molecular weight is 222 g/mol. The summed E-state index contributed by atoms with van der Waals surface area (Å²) in [5.41, 5.74) is 5.04. The first-order chi connectivity index (χ1) is 7.27. The highest BCUT2D eigenvalue weighted by Crippen LogP contribution is 2.23. The van der Waals surface area contributed by atoms with E-state index in [0.717, 1.165) is 16.0 Å². The number of thiophene rings is 1. The van der Waals surface area contributed by atoms with E-state index in [9.17, 15) is 4.79 Å². The molecule has 0 atom stereocenters. The molecular weight excluding hydrogens is 212 g/mol. The molecule has 15 heavy (non-hydrogen) atoms. The number of rotatable bonds is 4. The lowest BCUT2D eigenvalue weighted by atomic mass is 10.3. The quantitative estimate of drug-likeness (QED) is 0.808. The monoisotopic (exact) mass is 222 g/mol. The first-order valence-corrected chi connectivity index (χ1v) is 5.36. The lowest BCUT2D eigenvalue weighted by Gasteiger charge is -2.04. The number of carbonyl (C=O) groups excluding carboxylic acids is 1. The van der Waals surface area contributed by atoms with E-state index in [0.29, 0.717) is 13.0 Å². The van der Waals surface area contributed by atoms with Gasteiger partial charge in [0.2, 0.25) is 5.91 Å². The molecule has 0 radical (unpaired) electrons. The molecule has 0 saturated carbocycles. The lowest BCUT2D eigenvalue weighted by Crippen LogP contribution is -2.16. The van der Waals surface area contributed by atoms with Crippen molar-refractivity contribution < 1.29 is 4.79 Å². The van der Waals surface area contributed by atoms with Gasteiger partial charge in [-0.1, -0.05) is 0 Å². The number of fused-ring (bicyclic) bond motifs is 1. The van der Waals surface area contributed by atoms with Crippen molar-refractivity contribution in [2.24, 2.45) is 5.73 Å². The molecule has 0 bridgehead atoms. The Bertz CT molecular complexity index is 482. The summed E-state index contributed by atoms with van der Waals surface area (Å²) in [4.78, 5) is 19.7. The first kappa shape index (κ1) is 9.85. The van der Waals surface area contributed by atoms with E-state index in [4.69, 9.17) is 5.73 Å². The van der Waals surface area contributed by atoms with Crippen LogP contribution in [0.15, 0.2) is 17.8 Å². The maximum atomic E-state index is 10.6. The van der Waals surface area contributed by atoms with Crippen LogP contribution in [0, 0.1) is 0 Å². The summed E-state index contributed by atoms with van der Waals surface area (Å²) in [6, 6.07) is 1.95. The van der Waals surface area contributed by atoms with Crippen LogP contribution in [0.1, 0.15) is 6.42 Å². The van der Waals surface area contributed by atoms with Gasteiger partial charge < -0.3 is 11.1 Å². The predicted molar refractivity (Wildman–Crippen MR) is 59.7 cm³/mol. The number of nitrogens with zero attached hydrogens (tertiary/aromatic N) is 2. The highest BCUT2D eigenvalue weighted by atomic mass is 32.1. The molecule has 2 heterocycles. The lowest BCUT2D eigenvalue weighted by molar-refractivity contribution is -0.117. The fraction of sp³-hybridized carbons (Fsp3) is 0.222. The third kappa shape index (κ3) is 2.21. The summed E-state index contributed by atoms with van der Waals surface area (Å²) < 4.78 is 0. The van der Waals surface area contributed by atoms with Gasteiger partial charge in [0, 0.05) is 13.0 Å². The van der Waals surface area contributed by atoms with Crippen LogP contribution in [0.25, 0.3) is 10.2 Å². The molecule has 2 aromatic rings. The van der Waals surface area contributed by atoms with E-state index in [2.05, 4.69) is 15.3 Å². The second-order valence-corrected chi connectivity index (χ2v) is 3.90. The first-order valence-electron chi connectivity index (χ1n) is 4.48. The third-order valence-electron chi connectivity index (χ3n) is 1.93. The van der Waals surface area contributed by atoms with Crippen LogP contribution in [0.3, 0.4) is 0 Å². The van der Waals surface area contributed by atoms with Gasteiger partial charge in [0.05, 0.1) is 5.39 Å². The maximum absolute atomic E-state index is 10.6. The van der Waals surface area contributed by atoms with Crippen molar-refractivity contribution in [1.29, 1.82) is 0 Å². The van der Waals surface area contributed by atoms with Gasteiger partial charge in [-0.3, -0.25) is 4.79 Å². The largest absolute Gasteiger partial charge is 0.370 e. The molecule has 3 N–H and O–H groups in total. The van der Waals surface area contributed by atoms with Gasteiger partial charge in [-0.05, 0) is 11.4 Å². The summed E-state index contributed by atoms with van der Waals surface area (Å²) in [7, 11) is 0. The number of primary amides is 1. The SMILES string of the molecule is NC(=O)CCNc1ncnc2sccc12. The minimum Gasteiger partial charge on any atom is -0.370 e. The molecule has 0 spiro atoms. The van der Waals surface area contributed by atoms with Gasteiger partial charge in [0.1, 0.15) is 17.0 Å². The van der Waals surface area contributed by atoms with Gasteiger partial charge in [-0.15, -0.1) is 11.3 Å². The smallest absolute Gasteiger partial charge is 0.219 e. The molecule has 0 fully saturated rings. The van der Waals surface area contributed by atoms with Crippen LogP contribution in [0.5, 0.6) is 0 Å². The van der Waals surface area contributed by atoms with Crippen molar-refractivity contribution in [3.05, 3.63) is 17.8 Å². The zero-order valence-corrected chi connectivity index (χ0v) is 8.75. The van der Waals surface area contributed by atoms with Gasteiger partial charge in [0.15, 0.2) is 0 Å². The summed E-state index contributed by atoms with van der Waals surface area (Å²) in [6.07, 6.45) is 1.81. The van der Waals surface area contributed by atoms with Crippen LogP contribution in [-0.4, -0.2) is 22.4 Å². The Balaban J connectivity index is 2.13. The number of aromatic nitrogens is 2. The Morgan fingerprint density at radius 1 is 1.53 bits per heavy atom. The van der Waals surface area contributed by atoms with Crippen LogP contribution in [-0.2, 0) is 4.79 Å². The van der Waals surface area contributed by atoms with Crippen LogP contribution in [0.2, 0.25) is 0 Å². The normalized spacial score (nSPS) is 10.4. The molecular formula is C9H10N4OS. The Morgan fingerprint density at radius 2 is 2.40 bits per heavy atom. The second kappa shape index (κ2) is 4.22. The van der Waals surface area contributed by atoms with Crippen molar-refractivity contribution in [3.63, 3.8) is 0 Å². The van der Waals surface area contributed by atoms with Crippen LogP contribution >= 0.6 is 11.3 Å². The molecule has 0 aromatic carbocycles. The van der Waals surface area contributed by atoms with Gasteiger partial charge in [-0.2, -0.15) is 0 Å². The summed E-state index contributed by atoms with van der Waals surface area (Å²) >= 11 is 1.56. The highest BCUT2D eigenvalue weighted by Gasteiger charge is 2.03. The van der Waals surface area contributed by atoms with Crippen molar-refractivity contribution >= 4 is 33.3 Å². The highest BCUT2D eigenvalue weighted by molar-refractivity contribution is 7.16. The minimum absolute atomic E-state index is 0.301. The topological polar surface area (TPSA) is 80.9 Å². The van der Waals surface area contributed by atoms with E-state index in [1.165, 1.54) is 6.33 Å². The Morgan fingerprint density at radius 3 is 3.20 bits per heavy atom. The molecule has 1 amide bonds. The standard InChI is InChI=1S/C9H10N4OS/c10-7(14)1-3-11-8-6-2-4-15-9(6)13-5-12-8/h2,4-5H,1,3H2,(H2,10,14)(H,11,12,13). The zero-order chi connectivity index (χ0) is 10.7. The van der Waals surface area contributed by atoms with Crippen LogP contribution < -0.4 is 11.1 Å². The Kier molecular flexibility index (Phi) is 2.77. The minimum atomic E-state index is -0.321. The van der Waals surface area contributed by atoms with E-state index in [1.54, 1.807) is 11.3 Å². The predicted octanol–water partition coefficient (Wildman–Crippen LogP) is 0.979. The number of hydrogen-bond acceptors (Lipinski definition) is 5. The molecule has 0 aliphatic rings. The molecule has 5 nitrogen and oxygen atoms in total. The average Bonchev–Trinajstić information content (AvgIpc) is 2.65. The Labute approximate surface area is 90.3 Å². The maximum Gasteiger partial charge on any atom is 0.219 e. The van der Waals surface area contributed by atoms with Crippen LogP contribution in [0.4, 0.5) is 5.82 Å². The van der Waals surface area contributed by atoms with Gasteiger partial charge in [-0.25, -0.2) is 9.97 Å². The number of nitrogens with one attached hydrogen (secondary N) is 1. The molecule has 0 saturated heterocycles.